The molecule has 0 unspecified atom stereocenters. The molecule has 13 rings (SSSR count). The van der Waals surface area contributed by atoms with Crippen LogP contribution in [0.25, 0.3) is 23.1 Å². The van der Waals surface area contributed by atoms with Gasteiger partial charge in [-0.05, 0) is 207 Å². The summed E-state index contributed by atoms with van der Waals surface area (Å²) in [5.41, 5.74) is 13.6. The quantitative estimate of drug-likeness (QED) is 0.0149. The maximum absolute atomic E-state index is 13.1. The van der Waals surface area contributed by atoms with Crippen molar-refractivity contribution in [2.45, 2.75) is 119 Å². The van der Waals surface area contributed by atoms with E-state index < -0.39 is 11.6 Å². The number of rotatable bonds is 26. The van der Waals surface area contributed by atoms with Crippen LogP contribution in [0.2, 0.25) is 0 Å². The monoisotopic (exact) mass is 1940 g/mol. The molecule has 37 heteroatoms. The van der Waals surface area contributed by atoms with Gasteiger partial charge in [-0.25, -0.2) is 29.7 Å². The van der Waals surface area contributed by atoms with Gasteiger partial charge < -0.3 is 69.3 Å². The van der Waals surface area contributed by atoms with Crippen LogP contribution >= 0.6 is 28.3 Å². The third kappa shape index (κ3) is 37.2. The molecule has 0 aliphatic carbocycles. The first kappa shape index (κ1) is 115. The zero-order valence-corrected chi connectivity index (χ0v) is 82.1. The van der Waals surface area contributed by atoms with Crippen molar-refractivity contribution >= 4 is 88.3 Å². The average Bonchev–Trinajstić information content (AvgIpc) is 1.64. The molecule has 1 aliphatic heterocycles. The number of pyridine rings is 6. The van der Waals surface area contributed by atoms with Crippen LogP contribution in [0.5, 0.6) is 0 Å². The second-order valence-corrected chi connectivity index (χ2v) is 29.6. The van der Waals surface area contributed by atoms with Gasteiger partial charge in [-0.1, -0.05) is 99.2 Å². The third-order valence-corrected chi connectivity index (χ3v) is 19.3. The van der Waals surface area contributed by atoms with Gasteiger partial charge in [-0.2, -0.15) is 66.0 Å². The Bertz CT molecular complexity index is 5680. The van der Waals surface area contributed by atoms with Crippen molar-refractivity contribution in [1.82, 2.24) is 94.9 Å². The molecule has 0 spiro atoms. The molecule has 0 atom stereocenters. The fraction of sp³-hybridized carbons (Fsp3) is 0.295. The van der Waals surface area contributed by atoms with E-state index in [4.69, 9.17) is 40.8 Å². The van der Waals surface area contributed by atoms with Gasteiger partial charge >= 0.3 is 36.1 Å². The number of hydrogen-bond donors (Lipinski definition) is 3. The molecule has 0 saturated carbocycles. The molecule has 32 nitrogen and oxygen atoms in total. The molecule has 4 N–H and O–H groups in total. The number of likely N-dealkylation sites (N-methyl/N-ethyl adjacent to an activating group) is 4. The number of hydrogen-bond acceptors (Lipinski definition) is 26. The first-order valence-corrected chi connectivity index (χ1v) is 42.0. The minimum atomic E-state index is -0.994. The van der Waals surface area contributed by atoms with Crippen LogP contribution in [0.4, 0.5) is 0 Å². The summed E-state index contributed by atoms with van der Waals surface area (Å²) in [6, 6.07) is 61.8. The summed E-state index contributed by atoms with van der Waals surface area (Å²) in [6.45, 7) is 34.3. The molecular formula is C95H112BBr2ClMgN24O8. The van der Waals surface area contributed by atoms with Crippen LogP contribution in [-0.2, 0) is 45.3 Å². The predicted molar refractivity (Wildman–Crippen MR) is 511 cm³/mol. The first-order valence-electron chi connectivity index (χ1n) is 41.2. The number of carbonyl (C=O) groups is 4. The molecule has 9 aromatic heterocycles. The van der Waals surface area contributed by atoms with Crippen LogP contribution < -0.4 is 28.0 Å². The standard InChI is InChI=1S/C21H25N5O2.C20H21N5O3.C19H18N6O.C10H13N3.C8H15BO2.C8H6N2.C6H3BrN2.C2H7N.CH3.BrH.ClH.Mg/c1-4-25(15-12-16-8-7-11-19(24-16)21(2,3)28)20(27)17-9-5-6-10-18(17)26-22-13-14-23-26;1-3-24(14-11-15-7-6-9-17(23-15)20(27)28-2)19(26)16-8-4-5-10-18(16)25-21-12-13-22-25;1-2-24(13-10-15-6-5-7-16(14-20)23-15)19(26)17-8-3-4-9-18(17)25-21-11-12-22-25;1-2-12-7-6-9-4-3-5-10(8-11)13-9;1-6-9-10-7(2,3)8(4,5)11-9;1-2-7-4-3-5-8(6-9)10-7;7-6-3-1-2-5(4-8)9-6;1-2-3;;;;/h5-11,13-14,28H,4,12,15H2,1-3H3;4-10,12-13H,3,11,14H2,1-2H3;3-9,11-12H,2,10,13H2,1H3;3-5,12H,2,6-7H2,1H3;6H,1H2,2-5H3;2-5H,1H2;1-3H;2-3H2,1H3;1H3;2*1H;/q;;;;;;;;-1;;;+2/p-1. The molecule has 3 amide bonds. The molecule has 1 fully saturated rings. The Balaban J connectivity index is 0.000000537. The van der Waals surface area contributed by atoms with Gasteiger partial charge in [0, 0.05) is 94.3 Å². The molecular weight excluding hydrogens is 1840 g/mol. The number of benzene rings is 3. The SMILES string of the molecule is C=CB1OC(C)(C)C(C)(C)O1.C=Cc1cccc(C#N)n1.CCN.CCN(CCc1cccc(C#N)n1)C(=O)c1ccccc1-n1nccn1.CCN(CCc1cccc(C(=O)OC)n1)C(=O)c1ccccc1-n1nccn1.CCN(CCc1cccc(C(C)(C)O)n1)C(=O)c1ccccc1-n1nccn1.CCNCCc1cccc(C#N)n1.Cl.N#Cc1cccc(Br)n1.[Br-].[CH3-].[Mg+2]. The number of amides is 3. The van der Waals surface area contributed by atoms with Crippen molar-refractivity contribution in [1.29, 1.82) is 21.0 Å². The van der Waals surface area contributed by atoms with E-state index in [1.807, 2.05) is 171 Å². The third-order valence-electron chi connectivity index (χ3n) is 18.9. The molecule has 0 radical (unpaired) electrons. The number of nitriles is 4. The van der Waals surface area contributed by atoms with Gasteiger partial charge in [-0.15, -0.1) is 19.0 Å². The van der Waals surface area contributed by atoms with Gasteiger partial charge in [0.2, 0.25) is 0 Å². The summed E-state index contributed by atoms with van der Waals surface area (Å²) >= 11 is 3.14. The van der Waals surface area contributed by atoms with Gasteiger partial charge in [-0.3, -0.25) is 19.4 Å². The predicted octanol–water partition coefficient (Wildman–Crippen LogP) is 10.7. The number of methoxy groups -OCH3 is 1. The fourth-order valence-corrected chi connectivity index (χ4v) is 12.0. The zero-order valence-electron chi connectivity index (χ0n) is 76.7. The van der Waals surface area contributed by atoms with Crippen LogP contribution in [0.1, 0.15) is 175 Å². The molecule has 1 saturated heterocycles. The Morgan fingerprint density at radius 1 is 0.515 bits per heavy atom. The summed E-state index contributed by atoms with van der Waals surface area (Å²) < 4.78 is 16.5. The number of para-hydroxylation sites is 3. The summed E-state index contributed by atoms with van der Waals surface area (Å²) in [5, 5.41) is 72.4. The molecule has 12 aromatic rings. The number of nitrogens with two attached hydrogens (primary N) is 1. The maximum atomic E-state index is 13.1. The first-order chi connectivity index (χ1) is 61.6. The van der Waals surface area contributed by atoms with E-state index >= 15 is 0 Å². The van der Waals surface area contributed by atoms with E-state index in [1.54, 1.807) is 169 Å². The van der Waals surface area contributed by atoms with Crippen LogP contribution in [-0.4, -0.2) is 226 Å². The number of nitrogens with one attached hydrogen (secondary N) is 1. The number of nitrogens with zero attached hydrogens (tertiary/aromatic N) is 22. The number of aromatic nitrogens is 15. The van der Waals surface area contributed by atoms with E-state index in [2.05, 4.69) is 102 Å². The Labute approximate surface area is 815 Å². The van der Waals surface area contributed by atoms with Crippen LogP contribution in [0.3, 0.4) is 0 Å². The Morgan fingerprint density at radius 3 is 1.18 bits per heavy atom. The number of aliphatic hydroxyl groups is 1. The summed E-state index contributed by atoms with van der Waals surface area (Å²) in [5.74, 6) is 0.924. The normalized spacial score (nSPS) is 11.2. The summed E-state index contributed by atoms with van der Waals surface area (Å²) in [6.07, 6.45) is 13.6. The second-order valence-electron chi connectivity index (χ2n) is 28.8. The minimum absolute atomic E-state index is 0. The molecule has 1 aliphatic rings. The second kappa shape index (κ2) is 60.9. The van der Waals surface area contributed by atoms with Crippen LogP contribution in [0.15, 0.2) is 243 Å². The average molecular weight is 1950 g/mol. The number of carbonyl (C=O) groups excluding carboxylic acids is 4. The smallest absolute Gasteiger partial charge is 1.00 e. The van der Waals surface area contributed by atoms with E-state index in [0.717, 1.165) is 54.5 Å². The van der Waals surface area contributed by atoms with E-state index in [-0.39, 0.29) is 102 Å². The number of halogens is 3. The molecule has 132 heavy (non-hydrogen) atoms. The number of esters is 1. The van der Waals surface area contributed by atoms with Crippen molar-refractivity contribution in [3.63, 3.8) is 0 Å². The van der Waals surface area contributed by atoms with E-state index in [1.165, 1.54) is 21.5 Å². The van der Waals surface area contributed by atoms with Gasteiger partial charge in [0.25, 0.3) is 17.7 Å². The Morgan fingerprint density at radius 2 is 0.848 bits per heavy atom. The van der Waals surface area contributed by atoms with Crippen molar-refractivity contribution in [2.75, 3.05) is 66.0 Å². The zero-order chi connectivity index (χ0) is 93.4. The molecule has 0 bridgehead atoms. The maximum Gasteiger partial charge on any atom is 2.00 e. The molecule has 3 aromatic carbocycles. The van der Waals surface area contributed by atoms with Crippen molar-refractivity contribution in [3.8, 4) is 41.3 Å². The minimum Gasteiger partial charge on any atom is -1.00 e. The topological polar surface area (TPSA) is 429 Å². The van der Waals surface area contributed by atoms with Crippen molar-refractivity contribution < 1.29 is 55.3 Å². The largest absolute Gasteiger partial charge is 2.00 e. The molecule has 10 heterocycles. The van der Waals surface area contributed by atoms with Gasteiger partial charge in [0.1, 0.15) is 63.0 Å². The Hall–Kier alpha value is -12.8. The summed E-state index contributed by atoms with van der Waals surface area (Å²) in [7, 11) is 1.07. The van der Waals surface area contributed by atoms with Crippen LogP contribution in [0, 0.1) is 52.8 Å². The summed E-state index contributed by atoms with van der Waals surface area (Å²) in [4.78, 5) is 85.5. The van der Waals surface area contributed by atoms with Crippen molar-refractivity contribution in [2.24, 2.45) is 5.73 Å². The van der Waals surface area contributed by atoms with E-state index in [0.29, 0.717) is 125 Å². The van der Waals surface area contributed by atoms with Gasteiger partial charge in [0.15, 0.2) is 0 Å². The van der Waals surface area contributed by atoms with E-state index in [9.17, 15) is 24.3 Å². The number of ether oxygens (including phenoxy) is 1. The van der Waals surface area contributed by atoms with Gasteiger partial charge in [0.05, 0.1) is 101 Å². The van der Waals surface area contributed by atoms with Crippen molar-refractivity contribution in [3.05, 3.63) is 330 Å². The fourth-order valence-electron chi connectivity index (χ4n) is 11.6. The molecule has 686 valence electrons. The Kier molecular flexibility index (Phi) is 53.2.